The smallest absolute Gasteiger partial charge is 0.330 e. The van der Waals surface area contributed by atoms with Crippen molar-refractivity contribution in [3.8, 4) is 0 Å². The van der Waals surface area contributed by atoms with Gasteiger partial charge in [-0.05, 0) is 12.5 Å². The van der Waals surface area contributed by atoms with Crippen LogP contribution in [0.5, 0.6) is 0 Å². The lowest BCUT2D eigenvalue weighted by Gasteiger charge is -2.14. The minimum Gasteiger partial charge on any atom is -0.390 e. The number of aromatic nitrogens is 2. The molecule has 0 radical (unpaired) electrons. The number of rotatable bonds is 3. The summed E-state index contributed by atoms with van der Waals surface area (Å²) >= 11 is 0. The third-order valence-electron chi connectivity index (χ3n) is 2.99. The number of nitrogens with one attached hydrogen (secondary N) is 1. The second-order valence-corrected chi connectivity index (χ2v) is 4.32. The van der Waals surface area contributed by atoms with Gasteiger partial charge in [-0.25, -0.2) is 4.79 Å². The number of aryl methyl sites for hydroxylation is 1. The average Bonchev–Trinajstić information content (AvgIpc) is 2.72. The Bertz CT molecular complexity index is 630. The zero-order valence-electron chi connectivity index (χ0n) is 10.2. The lowest BCUT2D eigenvalue weighted by Crippen LogP contribution is -2.33. The van der Waals surface area contributed by atoms with E-state index in [1.807, 2.05) is 0 Å². The van der Waals surface area contributed by atoms with Crippen LogP contribution in [0.15, 0.2) is 20.9 Å². The van der Waals surface area contributed by atoms with Gasteiger partial charge in [0.25, 0.3) is 5.56 Å². The summed E-state index contributed by atoms with van der Waals surface area (Å²) in [6.07, 6.45) is -0.586. The van der Waals surface area contributed by atoms with Gasteiger partial charge < -0.3 is 9.84 Å². The fraction of sp³-hybridized carbons (Fsp3) is 0.600. The van der Waals surface area contributed by atoms with Crippen molar-refractivity contribution >= 4 is 0 Å². The number of hydrogen-bond acceptors (Lipinski definition) is 5. The summed E-state index contributed by atoms with van der Waals surface area (Å²) in [4.78, 5) is 27.7. The summed E-state index contributed by atoms with van der Waals surface area (Å²) in [5, 5.41) is 13.1. The molecule has 3 atom stereocenters. The number of aromatic amines is 1. The van der Waals surface area contributed by atoms with E-state index in [-0.39, 0.29) is 13.0 Å². The van der Waals surface area contributed by atoms with Crippen LogP contribution >= 0.6 is 0 Å². The average molecular weight is 267 g/mol. The highest BCUT2D eigenvalue weighted by atomic mass is 16.5. The van der Waals surface area contributed by atoms with Crippen LogP contribution in [-0.2, 0) is 4.74 Å². The first kappa shape index (κ1) is 13.3. The molecular weight excluding hydrogens is 254 g/mol. The van der Waals surface area contributed by atoms with Crippen LogP contribution in [0.25, 0.3) is 10.4 Å². The molecule has 1 aliphatic heterocycles. The van der Waals surface area contributed by atoms with E-state index in [4.69, 9.17) is 10.3 Å². The maximum Gasteiger partial charge on any atom is 0.330 e. The SMILES string of the molecule is Cc1cn([C@@H]2C[C@@H](O)[C@H](CN=[N+]=[N-])O2)c(=O)[nH]c1=O. The molecule has 2 rings (SSSR count). The molecule has 0 spiro atoms. The second kappa shape index (κ2) is 5.27. The number of ether oxygens (including phenoxy) is 1. The van der Waals surface area contributed by atoms with Crippen molar-refractivity contribution in [3.63, 3.8) is 0 Å². The van der Waals surface area contributed by atoms with Crippen LogP contribution in [0.4, 0.5) is 0 Å². The molecule has 0 unspecified atom stereocenters. The van der Waals surface area contributed by atoms with Gasteiger partial charge in [-0.2, -0.15) is 0 Å². The maximum atomic E-state index is 11.7. The van der Waals surface area contributed by atoms with Crippen LogP contribution in [-0.4, -0.2) is 33.4 Å². The van der Waals surface area contributed by atoms with Gasteiger partial charge in [-0.3, -0.25) is 14.3 Å². The van der Waals surface area contributed by atoms with Gasteiger partial charge >= 0.3 is 5.69 Å². The quantitative estimate of drug-likeness (QED) is 0.445. The van der Waals surface area contributed by atoms with E-state index in [1.54, 1.807) is 6.92 Å². The van der Waals surface area contributed by atoms with Gasteiger partial charge in [-0.15, -0.1) is 0 Å². The van der Waals surface area contributed by atoms with Crippen molar-refractivity contribution in [2.24, 2.45) is 5.11 Å². The van der Waals surface area contributed by atoms with Crippen molar-refractivity contribution in [2.75, 3.05) is 6.54 Å². The van der Waals surface area contributed by atoms with Crippen LogP contribution < -0.4 is 11.2 Å². The Labute approximate surface area is 107 Å². The van der Waals surface area contributed by atoms with E-state index in [2.05, 4.69) is 15.0 Å². The van der Waals surface area contributed by atoms with Gasteiger partial charge in [-0.1, -0.05) is 5.11 Å². The minimum atomic E-state index is -0.824. The zero-order valence-corrected chi connectivity index (χ0v) is 10.2. The molecule has 102 valence electrons. The van der Waals surface area contributed by atoms with Crippen LogP contribution in [0.2, 0.25) is 0 Å². The molecule has 1 fully saturated rings. The third kappa shape index (κ3) is 2.68. The minimum absolute atomic E-state index is 0.00868. The summed E-state index contributed by atoms with van der Waals surface area (Å²) in [6.45, 7) is 1.56. The first-order valence-corrected chi connectivity index (χ1v) is 5.69. The molecule has 0 aliphatic carbocycles. The standard InChI is InChI=1S/C10H13N5O4/c1-5-4-15(10(18)13-9(5)17)8-2-6(16)7(19-8)3-12-14-11/h4,6-8,16H,2-3H2,1H3,(H,13,17,18)/t6-,7+,8+/m1/s1. The van der Waals surface area contributed by atoms with E-state index in [1.165, 1.54) is 10.8 Å². The summed E-state index contributed by atoms with van der Waals surface area (Å²) in [6, 6.07) is 0. The van der Waals surface area contributed by atoms with E-state index in [0.717, 1.165) is 0 Å². The van der Waals surface area contributed by atoms with E-state index >= 15 is 0 Å². The van der Waals surface area contributed by atoms with Crippen molar-refractivity contribution in [1.29, 1.82) is 0 Å². The van der Waals surface area contributed by atoms with E-state index in [9.17, 15) is 14.7 Å². The van der Waals surface area contributed by atoms with Gasteiger partial charge in [0.1, 0.15) is 6.23 Å². The fourth-order valence-electron chi connectivity index (χ4n) is 1.97. The molecule has 9 nitrogen and oxygen atoms in total. The molecule has 0 saturated carbocycles. The molecule has 2 heterocycles. The summed E-state index contributed by atoms with van der Waals surface area (Å²) in [7, 11) is 0. The molecule has 1 aromatic heterocycles. The number of H-pyrrole nitrogens is 1. The largest absolute Gasteiger partial charge is 0.390 e. The molecule has 9 heteroatoms. The topological polar surface area (TPSA) is 133 Å². The number of nitrogens with zero attached hydrogens (tertiary/aromatic N) is 4. The Kier molecular flexibility index (Phi) is 3.70. The van der Waals surface area contributed by atoms with E-state index < -0.39 is 29.7 Å². The Hall–Kier alpha value is -2.09. The highest BCUT2D eigenvalue weighted by molar-refractivity contribution is 5.02. The third-order valence-corrected chi connectivity index (χ3v) is 2.99. The molecule has 1 aliphatic rings. The number of aliphatic hydroxyl groups excluding tert-OH is 1. The molecular formula is C10H13N5O4. The van der Waals surface area contributed by atoms with E-state index in [0.29, 0.717) is 5.56 Å². The normalized spacial score (nSPS) is 26.1. The van der Waals surface area contributed by atoms with Crippen molar-refractivity contribution in [1.82, 2.24) is 9.55 Å². The van der Waals surface area contributed by atoms with Crippen molar-refractivity contribution < 1.29 is 9.84 Å². The molecule has 1 aromatic rings. The van der Waals surface area contributed by atoms with Crippen molar-refractivity contribution in [3.05, 3.63) is 43.0 Å². The van der Waals surface area contributed by atoms with Crippen molar-refractivity contribution in [2.45, 2.75) is 31.8 Å². The monoisotopic (exact) mass is 267 g/mol. The van der Waals surface area contributed by atoms with Crippen LogP contribution in [0.1, 0.15) is 18.2 Å². The number of aliphatic hydroxyl groups is 1. The van der Waals surface area contributed by atoms with Crippen LogP contribution in [0, 0.1) is 6.92 Å². The van der Waals surface area contributed by atoms with Gasteiger partial charge in [0.2, 0.25) is 0 Å². The molecule has 0 aromatic carbocycles. The summed E-state index contributed by atoms with van der Waals surface area (Å²) in [5.74, 6) is 0. The lowest BCUT2D eigenvalue weighted by molar-refractivity contribution is -0.0151. The Morgan fingerprint density at radius 3 is 3.11 bits per heavy atom. The lowest BCUT2D eigenvalue weighted by atomic mass is 10.2. The highest BCUT2D eigenvalue weighted by Crippen LogP contribution is 2.27. The first-order chi connectivity index (χ1) is 9.02. The van der Waals surface area contributed by atoms with Gasteiger partial charge in [0, 0.05) is 23.1 Å². The zero-order chi connectivity index (χ0) is 14.0. The molecule has 1 saturated heterocycles. The Morgan fingerprint density at radius 1 is 1.68 bits per heavy atom. The Morgan fingerprint density at radius 2 is 2.42 bits per heavy atom. The molecule has 0 amide bonds. The molecule has 0 bridgehead atoms. The second-order valence-electron chi connectivity index (χ2n) is 4.32. The molecule has 2 N–H and O–H groups in total. The number of azide groups is 1. The number of hydrogen-bond donors (Lipinski definition) is 2. The fourth-order valence-corrected chi connectivity index (χ4v) is 1.97. The predicted octanol–water partition coefficient (Wildman–Crippen LogP) is -0.196. The summed E-state index contributed by atoms with van der Waals surface area (Å²) in [5.41, 5.74) is 7.55. The van der Waals surface area contributed by atoms with Gasteiger partial charge in [0.05, 0.1) is 18.8 Å². The predicted molar refractivity (Wildman–Crippen MR) is 64.6 cm³/mol. The Balaban J connectivity index is 2.25. The first-order valence-electron chi connectivity index (χ1n) is 5.69. The summed E-state index contributed by atoms with van der Waals surface area (Å²) < 4.78 is 6.68. The van der Waals surface area contributed by atoms with Gasteiger partial charge in [0.15, 0.2) is 0 Å². The molecule has 19 heavy (non-hydrogen) atoms. The maximum absolute atomic E-state index is 11.7. The highest BCUT2D eigenvalue weighted by Gasteiger charge is 2.34. The van der Waals surface area contributed by atoms with Crippen LogP contribution in [0.3, 0.4) is 0 Å².